The summed E-state index contributed by atoms with van der Waals surface area (Å²) in [5.41, 5.74) is 1.87. The highest BCUT2D eigenvalue weighted by Crippen LogP contribution is 2.34. The maximum Gasteiger partial charge on any atom is 0.410 e. The van der Waals surface area contributed by atoms with E-state index >= 15 is 0 Å². The SMILES string of the molecule is CN1C(=O)C2CN(C(=O)OCc3ccccc3)CCN2c2cccnc21. The average molecular weight is 352 g/mol. The molecule has 1 aromatic heterocycles. The van der Waals surface area contributed by atoms with Crippen LogP contribution in [0, 0.1) is 0 Å². The molecule has 0 spiro atoms. The molecule has 1 aromatic carbocycles. The van der Waals surface area contributed by atoms with Crippen molar-refractivity contribution in [1.29, 1.82) is 0 Å². The van der Waals surface area contributed by atoms with Crippen LogP contribution < -0.4 is 9.80 Å². The highest BCUT2D eigenvalue weighted by molar-refractivity contribution is 6.04. The third-order valence-electron chi connectivity index (χ3n) is 4.85. The molecule has 3 heterocycles. The van der Waals surface area contributed by atoms with Gasteiger partial charge in [-0.3, -0.25) is 9.69 Å². The molecule has 0 N–H and O–H groups in total. The molecule has 2 aliphatic heterocycles. The third-order valence-corrected chi connectivity index (χ3v) is 4.85. The molecule has 1 fully saturated rings. The first-order chi connectivity index (χ1) is 12.6. The molecule has 0 aliphatic carbocycles. The van der Waals surface area contributed by atoms with Crippen LogP contribution in [0.15, 0.2) is 48.7 Å². The predicted octanol–water partition coefficient (Wildman–Crippen LogP) is 1.89. The number of piperazine rings is 1. The van der Waals surface area contributed by atoms with Gasteiger partial charge in [0, 0.05) is 26.3 Å². The van der Waals surface area contributed by atoms with E-state index in [4.69, 9.17) is 4.74 Å². The minimum Gasteiger partial charge on any atom is -0.445 e. The zero-order valence-electron chi connectivity index (χ0n) is 14.5. The van der Waals surface area contributed by atoms with Gasteiger partial charge in [-0.2, -0.15) is 0 Å². The van der Waals surface area contributed by atoms with E-state index < -0.39 is 6.04 Å². The maximum absolute atomic E-state index is 12.7. The van der Waals surface area contributed by atoms with Gasteiger partial charge in [0.15, 0.2) is 5.82 Å². The Hall–Kier alpha value is -3.09. The van der Waals surface area contributed by atoms with Crippen molar-refractivity contribution in [2.24, 2.45) is 0 Å². The Morgan fingerprint density at radius 2 is 2.00 bits per heavy atom. The Kier molecular flexibility index (Phi) is 4.20. The van der Waals surface area contributed by atoms with Gasteiger partial charge in [-0.15, -0.1) is 0 Å². The lowest BCUT2D eigenvalue weighted by atomic mass is 10.1. The third kappa shape index (κ3) is 2.85. The summed E-state index contributed by atoms with van der Waals surface area (Å²) in [5.74, 6) is 0.602. The van der Waals surface area contributed by atoms with Gasteiger partial charge >= 0.3 is 6.09 Å². The molecule has 7 heteroatoms. The topological polar surface area (TPSA) is 66.0 Å². The van der Waals surface area contributed by atoms with Crippen LogP contribution in [0.3, 0.4) is 0 Å². The van der Waals surface area contributed by atoms with Crippen molar-refractivity contribution >= 4 is 23.5 Å². The highest BCUT2D eigenvalue weighted by Gasteiger charge is 2.42. The molecule has 2 aliphatic rings. The molecule has 7 nitrogen and oxygen atoms in total. The fourth-order valence-electron chi connectivity index (χ4n) is 3.46. The molecular weight excluding hydrogens is 332 g/mol. The lowest BCUT2D eigenvalue weighted by Gasteiger charge is -2.46. The van der Waals surface area contributed by atoms with Crippen molar-refractivity contribution in [1.82, 2.24) is 9.88 Å². The lowest BCUT2D eigenvalue weighted by Crippen LogP contribution is -2.63. The van der Waals surface area contributed by atoms with Crippen molar-refractivity contribution in [2.45, 2.75) is 12.6 Å². The summed E-state index contributed by atoms with van der Waals surface area (Å²) in [7, 11) is 1.72. The molecule has 0 bridgehead atoms. The average Bonchev–Trinajstić information content (AvgIpc) is 2.70. The first-order valence-electron chi connectivity index (χ1n) is 8.60. The summed E-state index contributed by atoms with van der Waals surface area (Å²) >= 11 is 0. The maximum atomic E-state index is 12.7. The van der Waals surface area contributed by atoms with Gasteiger partial charge < -0.3 is 14.5 Å². The van der Waals surface area contributed by atoms with Crippen LogP contribution in [0.5, 0.6) is 0 Å². The van der Waals surface area contributed by atoms with Gasteiger partial charge in [0.05, 0.1) is 12.2 Å². The van der Waals surface area contributed by atoms with E-state index in [1.807, 2.05) is 47.4 Å². The minimum absolute atomic E-state index is 0.0586. The Bertz CT molecular complexity index is 827. The van der Waals surface area contributed by atoms with E-state index in [0.29, 0.717) is 25.5 Å². The van der Waals surface area contributed by atoms with Crippen molar-refractivity contribution < 1.29 is 14.3 Å². The van der Waals surface area contributed by atoms with Crippen LogP contribution in [-0.2, 0) is 16.1 Å². The number of fused-ring (bicyclic) bond motifs is 3. The van der Waals surface area contributed by atoms with E-state index in [1.165, 1.54) is 0 Å². The monoisotopic (exact) mass is 352 g/mol. The summed E-state index contributed by atoms with van der Waals surface area (Å²) in [6.45, 7) is 1.62. The van der Waals surface area contributed by atoms with Gasteiger partial charge in [0.2, 0.25) is 0 Å². The van der Waals surface area contributed by atoms with Crippen molar-refractivity contribution in [2.75, 3.05) is 36.5 Å². The number of carbonyl (C=O) groups excluding carboxylic acids is 2. The van der Waals surface area contributed by atoms with E-state index in [-0.39, 0.29) is 18.6 Å². The van der Waals surface area contributed by atoms with E-state index in [1.54, 1.807) is 23.0 Å². The Morgan fingerprint density at radius 3 is 2.81 bits per heavy atom. The Morgan fingerprint density at radius 1 is 1.19 bits per heavy atom. The van der Waals surface area contributed by atoms with Gasteiger partial charge in [-0.05, 0) is 17.7 Å². The number of carbonyl (C=O) groups is 2. The van der Waals surface area contributed by atoms with Crippen molar-refractivity contribution in [3.8, 4) is 0 Å². The molecule has 134 valence electrons. The number of ether oxygens (including phenoxy) is 1. The molecule has 2 amide bonds. The number of amides is 2. The molecule has 1 unspecified atom stereocenters. The number of hydrogen-bond donors (Lipinski definition) is 0. The minimum atomic E-state index is -0.408. The number of benzene rings is 1. The van der Waals surface area contributed by atoms with Crippen LogP contribution in [0.2, 0.25) is 0 Å². The molecule has 26 heavy (non-hydrogen) atoms. The number of pyridine rings is 1. The highest BCUT2D eigenvalue weighted by atomic mass is 16.6. The summed E-state index contributed by atoms with van der Waals surface area (Å²) in [6.07, 6.45) is 1.29. The lowest BCUT2D eigenvalue weighted by molar-refractivity contribution is -0.120. The van der Waals surface area contributed by atoms with E-state index in [2.05, 4.69) is 4.98 Å². The predicted molar refractivity (Wildman–Crippen MR) is 97.0 cm³/mol. The van der Waals surface area contributed by atoms with Gasteiger partial charge in [-0.25, -0.2) is 9.78 Å². The summed E-state index contributed by atoms with van der Waals surface area (Å²) in [6, 6.07) is 13.0. The summed E-state index contributed by atoms with van der Waals surface area (Å²) in [4.78, 5) is 34.7. The number of anilines is 2. The normalized spacial score (nSPS) is 19.0. The standard InChI is InChI=1S/C19H20N4O3/c1-21-17-15(8-5-9-20-17)23-11-10-22(12-16(23)18(21)24)19(25)26-13-14-6-3-2-4-7-14/h2-9,16H,10-13H2,1H3. The molecule has 4 rings (SSSR count). The second-order valence-electron chi connectivity index (χ2n) is 6.44. The second-order valence-corrected chi connectivity index (χ2v) is 6.44. The molecule has 1 atom stereocenters. The zero-order chi connectivity index (χ0) is 18.1. The summed E-state index contributed by atoms with van der Waals surface area (Å²) in [5, 5.41) is 0. The first-order valence-corrected chi connectivity index (χ1v) is 8.60. The Labute approximate surface area is 151 Å². The fraction of sp³-hybridized carbons (Fsp3) is 0.316. The number of rotatable bonds is 2. The quantitative estimate of drug-likeness (QED) is 0.826. The van der Waals surface area contributed by atoms with Crippen LogP contribution in [0.4, 0.5) is 16.3 Å². The van der Waals surface area contributed by atoms with Crippen molar-refractivity contribution in [3.05, 3.63) is 54.2 Å². The molecule has 0 radical (unpaired) electrons. The van der Waals surface area contributed by atoms with Crippen LogP contribution >= 0.6 is 0 Å². The largest absolute Gasteiger partial charge is 0.445 e. The van der Waals surface area contributed by atoms with Gasteiger partial charge in [-0.1, -0.05) is 30.3 Å². The molecule has 0 saturated carbocycles. The molecular formula is C19H20N4O3. The van der Waals surface area contributed by atoms with Crippen LogP contribution in [-0.4, -0.2) is 54.6 Å². The number of nitrogens with zero attached hydrogens (tertiary/aromatic N) is 4. The second kappa shape index (κ2) is 6.67. The van der Waals surface area contributed by atoms with Crippen molar-refractivity contribution in [3.63, 3.8) is 0 Å². The first kappa shape index (κ1) is 16.4. The van der Waals surface area contributed by atoms with Crippen LogP contribution in [0.1, 0.15) is 5.56 Å². The van der Waals surface area contributed by atoms with E-state index in [9.17, 15) is 9.59 Å². The van der Waals surface area contributed by atoms with Crippen LogP contribution in [0.25, 0.3) is 0 Å². The number of likely N-dealkylation sites (N-methyl/N-ethyl adjacent to an activating group) is 1. The molecule has 1 saturated heterocycles. The Balaban J connectivity index is 1.46. The zero-order valence-corrected chi connectivity index (χ0v) is 14.5. The number of aromatic nitrogens is 1. The summed E-state index contributed by atoms with van der Waals surface area (Å²) < 4.78 is 5.41. The molecule has 2 aromatic rings. The smallest absolute Gasteiger partial charge is 0.410 e. The van der Waals surface area contributed by atoms with Gasteiger partial charge in [0.1, 0.15) is 12.6 Å². The fourth-order valence-corrected chi connectivity index (χ4v) is 3.46. The number of hydrogen-bond acceptors (Lipinski definition) is 5. The van der Waals surface area contributed by atoms with E-state index in [0.717, 1.165) is 11.3 Å². The van der Waals surface area contributed by atoms with Gasteiger partial charge in [0.25, 0.3) is 5.91 Å².